The third kappa shape index (κ3) is 4.86. The first kappa shape index (κ1) is 17.6. The van der Waals surface area contributed by atoms with Gasteiger partial charge in [-0.15, -0.1) is 0 Å². The second-order valence-corrected chi connectivity index (χ2v) is 5.68. The van der Waals surface area contributed by atoms with Gasteiger partial charge < -0.3 is 15.0 Å². The van der Waals surface area contributed by atoms with Gasteiger partial charge in [0.05, 0.1) is 11.7 Å². The molecule has 1 unspecified atom stereocenters. The van der Waals surface area contributed by atoms with E-state index in [1.165, 1.54) is 6.07 Å². The Morgan fingerprint density at radius 2 is 2.13 bits per heavy atom. The van der Waals surface area contributed by atoms with Crippen LogP contribution >= 0.6 is 0 Å². The van der Waals surface area contributed by atoms with Gasteiger partial charge in [0.15, 0.2) is 0 Å². The Morgan fingerprint density at radius 1 is 1.39 bits per heavy atom. The van der Waals surface area contributed by atoms with E-state index in [-0.39, 0.29) is 11.8 Å². The summed E-state index contributed by atoms with van der Waals surface area (Å²) in [5.41, 5.74) is -0.166. The fraction of sp³-hybridized carbons (Fsp3) is 0.562. The van der Waals surface area contributed by atoms with E-state index in [0.29, 0.717) is 25.3 Å². The molecule has 1 saturated heterocycles. The number of likely N-dealkylation sites (tertiary alicyclic amines) is 1. The number of benzene rings is 1. The summed E-state index contributed by atoms with van der Waals surface area (Å²) in [5, 5.41) is 2.56. The lowest BCUT2D eigenvalue weighted by Crippen LogP contribution is -2.45. The van der Waals surface area contributed by atoms with Crippen molar-refractivity contribution in [1.82, 2.24) is 4.90 Å². The maximum atomic E-state index is 12.8. The van der Waals surface area contributed by atoms with Crippen molar-refractivity contribution in [3.05, 3.63) is 29.3 Å². The van der Waals surface area contributed by atoms with Crippen LogP contribution in [0.5, 0.6) is 0 Å². The summed E-state index contributed by atoms with van der Waals surface area (Å²) < 4.78 is 44.0. The Morgan fingerprint density at radius 3 is 2.78 bits per heavy atom. The number of halogens is 3. The van der Waals surface area contributed by atoms with E-state index in [2.05, 4.69) is 5.32 Å². The van der Waals surface area contributed by atoms with Crippen LogP contribution in [0.25, 0.3) is 0 Å². The molecule has 0 saturated carbocycles. The summed E-state index contributed by atoms with van der Waals surface area (Å²) in [7, 11) is 0. The fourth-order valence-corrected chi connectivity index (χ4v) is 2.72. The first-order valence-electron chi connectivity index (χ1n) is 7.66. The lowest BCUT2D eigenvalue weighted by Gasteiger charge is -2.32. The molecular weight excluding hydrogens is 309 g/mol. The first-order chi connectivity index (χ1) is 10.8. The Bertz CT molecular complexity index is 559. The van der Waals surface area contributed by atoms with Gasteiger partial charge in [-0.3, -0.25) is 0 Å². The van der Waals surface area contributed by atoms with Crippen LogP contribution in [0.3, 0.4) is 0 Å². The van der Waals surface area contributed by atoms with E-state index >= 15 is 0 Å². The molecule has 1 aliphatic rings. The van der Waals surface area contributed by atoms with E-state index in [1.54, 1.807) is 11.8 Å². The highest BCUT2D eigenvalue weighted by molar-refractivity contribution is 5.89. The number of carbonyl (C=O) groups is 1. The zero-order chi connectivity index (χ0) is 17.0. The molecule has 1 heterocycles. The number of piperidine rings is 1. The third-order valence-corrected chi connectivity index (χ3v) is 3.72. The van der Waals surface area contributed by atoms with Gasteiger partial charge in [0, 0.05) is 25.4 Å². The predicted molar refractivity (Wildman–Crippen MR) is 81.4 cm³/mol. The third-order valence-electron chi connectivity index (χ3n) is 3.72. The summed E-state index contributed by atoms with van der Waals surface area (Å²) in [6, 6.07) is 3.14. The number of carbonyl (C=O) groups excluding carboxylic acids is 1. The Labute approximate surface area is 133 Å². The maximum absolute atomic E-state index is 12.8. The predicted octanol–water partition coefficient (Wildman–Crippen LogP) is 4.05. The van der Waals surface area contributed by atoms with E-state index in [4.69, 9.17) is 4.74 Å². The minimum absolute atomic E-state index is 0.0113. The van der Waals surface area contributed by atoms with Gasteiger partial charge in [0.25, 0.3) is 0 Å². The normalized spacial score (nSPS) is 18.8. The number of urea groups is 1. The number of hydrogen-bond donors (Lipinski definition) is 1. The van der Waals surface area contributed by atoms with Gasteiger partial charge in [0.2, 0.25) is 0 Å². The van der Waals surface area contributed by atoms with Crippen molar-refractivity contribution in [3.63, 3.8) is 0 Å². The average molecular weight is 330 g/mol. The van der Waals surface area contributed by atoms with E-state index in [0.717, 1.165) is 25.0 Å². The second-order valence-electron chi connectivity index (χ2n) is 5.68. The molecule has 4 nitrogen and oxygen atoms in total. The van der Waals surface area contributed by atoms with Gasteiger partial charge in [-0.1, -0.05) is 0 Å². The summed E-state index contributed by atoms with van der Waals surface area (Å²) in [5.74, 6) is 0. The second kappa shape index (κ2) is 7.21. The van der Waals surface area contributed by atoms with Gasteiger partial charge in [-0.2, -0.15) is 13.2 Å². The van der Waals surface area contributed by atoms with Gasteiger partial charge in [0.1, 0.15) is 0 Å². The molecule has 2 rings (SSSR count). The highest BCUT2D eigenvalue weighted by Crippen LogP contribution is 2.32. The van der Waals surface area contributed by atoms with Crippen LogP contribution in [-0.4, -0.2) is 36.7 Å². The van der Waals surface area contributed by atoms with Crippen LogP contribution in [0.4, 0.5) is 23.7 Å². The zero-order valence-electron chi connectivity index (χ0n) is 13.2. The number of nitrogens with one attached hydrogen (secondary N) is 1. The molecule has 2 amide bonds. The number of anilines is 1. The number of nitrogens with zero attached hydrogens (tertiary/aromatic N) is 1. The number of hydrogen-bond acceptors (Lipinski definition) is 2. The molecule has 0 aromatic heterocycles. The van der Waals surface area contributed by atoms with Crippen LogP contribution in [0.1, 0.15) is 30.9 Å². The Balaban J connectivity index is 2.06. The summed E-state index contributed by atoms with van der Waals surface area (Å²) in [6.07, 6.45) is -2.74. The van der Waals surface area contributed by atoms with E-state index in [1.807, 2.05) is 6.92 Å². The highest BCUT2D eigenvalue weighted by Gasteiger charge is 2.31. The molecule has 0 spiro atoms. The molecule has 0 radical (unpaired) electrons. The SMILES string of the molecule is CCOC1CCCN(C(=O)Nc2cc(C)cc(C(F)(F)F)c2)C1. The topological polar surface area (TPSA) is 41.6 Å². The highest BCUT2D eigenvalue weighted by atomic mass is 19.4. The lowest BCUT2D eigenvalue weighted by molar-refractivity contribution is -0.137. The smallest absolute Gasteiger partial charge is 0.377 e. The van der Waals surface area contributed by atoms with Crippen molar-refractivity contribution >= 4 is 11.7 Å². The molecule has 1 atom stereocenters. The zero-order valence-corrected chi connectivity index (χ0v) is 13.2. The molecule has 1 fully saturated rings. The maximum Gasteiger partial charge on any atom is 0.416 e. The average Bonchev–Trinajstić information content (AvgIpc) is 2.46. The van der Waals surface area contributed by atoms with E-state index in [9.17, 15) is 18.0 Å². The van der Waals surface area contributed by atoms with Crippen molar-refractivity contribution in [3.8, 4) is 0 Å². The molecule has 1 aliphatic heterocycles. The summed E-state index contributed by atoms with van der Waals surface area (Å²) in [6.45, 7) is 5.07. The van der Waals surface area contributed by atoms with Crippen LogP contribution in [0.15, 0.2) is 18.2 Å². The molecule has 1 N–H and O–H groups in total. The van der Waals surface area contributed by atoms with Crippen LogP contribution in [0.2, 0.25) is 0 Å². The largest absolute Gasteiger partial charge is 0.416 e. The van der Waals surface area contributed by atoms with Crippen molar-refractivity contribution < 1.29 is 22.7 Å². The molecule has 0 aliphatic carbocycles. The molecule has 128 valence electrons. The number of alkyl halides is 3. The number of ether oxygens (including phenoxy) is 1. The van der Waals surface area contributed by atoms with Crippen LogP contribution in [-0.2, 0) is 10.9 Å². The van der Waals surface area contributed by atoms with E-state index < -0.39 is 17.8 Å². The molecule has 7 heteroatoms. The van der Waals surface area contributed by atoms with Crippen molar-refractivity contribution in [2.45, 2.75) is 39.0 Å². The quantitative estimate of drug-likeness (QED) is 0.908. The van der Waals surface area contributed by atoms with Crippen LogP contribution in [0, 0.1) is 6.92 Å². The number of rotatable bonds is 3. The fourth-order valence-electron chi connectivity index (χ4n) is 2.72. The van der Waals surface area contributed by atoms with Gasteiger partial charge in [-0.05, 0) is 50.5 Å². The molecule has 0 bridgehead atoms. The van der Waals surface area contributed by atoms with Gasteiger partial charge >= 0.3 is 12.2 Å². The molecular formula is C16H21F3N2O2. The standard InChI is InChI=1S/C16H21F3N2O2/c1-3-23-14-5-4-6-21(10-14)15(22)20-13-8-11(2)7-12(9-13)16(17,18)19/h7-9,14H,3-6,10H2,1-2H3,(H,20,22). The van der Waals surface area contributed by atoms with Gasteiger partial charge in [-0.25, -0.2) is 4.79 Å². The Hall–Kier alpha value is -1.76. The van der Waals surface area contributed by atoms with Crippen LogP contribution < -0.4 is 5.32 Å². The minimum atomic E-state index is -4.43. The monoisotopic (exact) mass is 330 g/mol. The van der Waals surface area contributed by atoms with Crippen molar-refractivity contribution in [2.24, 2.45) is 0 Å². The first-order valence-corrected chi connectivity index (χ1v) is 7.66. The van der Waals surface area contributed by atoms with Crippen molar-refractivity contribution in [2.75, 3.05) is 25.0 Å². The summed E-state index contributed by atoms with van der Waals surface area (Å²) in [4.78, 5) is 13.9. The number of aryl methyl sites for hydroxylation is 1. The lowest BCUT2D eigenvalue weighted by atomic mass is 10.1. The molecule has 1 aromatic carbocycles. The number of amides is 2. The molecule has 1 aromatic rings. The minimum Gasteiger partial charge on any atom is -0.377 e. The summed E-state index contributed by atoms with van der Waals surface area (Å²) >= 11 is 0. The van der Waals surface area contributed by atoms with Crippen molar-refractivity contribution in [1.29, 1.82) is 0 Å². The molecule has 23 heavy (non-hydrogen) atoms. The Kier molecular flexibility index (Phi) is 5.51.